The molecule has 22 heavy (non-hydrogen) atoms. The van der Waals surface area contributed by atoms with Gasteiger partial charge in [-0.3, -0.25) is 4.79 Å². The summed E-state index contributed by atoms with van der Waals surface area (Å²) in [5.41, 5.74) is -0.00674. The van der Waals surface area contributed by atoms with E-state index in [1.165, 1.54) is 4.90 Å². The van der Waals surface area contributed by atoms with E-state index < -0.39 is 23.5 Å². The van der Waals surface area contributed by atoms with Crippen LogP contribution >= 0.6 is 0 Å². The van der Waals surface area contributed by atoms with Crippen LogP contribution in [0.1, 0.15) is 26.3 Å². The molecular formula is C16H18N2O4. The number of carbonyl (C=O) groups excluding carboxylic acids is 1. The Bertz CT molecular complexity index is 648. The van der Waals surface area contributed by atoms with Crippen LogP contribution in [0.3, 0.4) is 0 Å². The molecule has 1 aromatic carbocycles. The van der Waals surface area contributed by atoms with Gasteiger partial charge in [0.15, 0.2) is 6.10 Å². The first-order valence-corrected chi connectivity index (χ1v) is 6.96. The van der Waals surface area contributed by atoms with Crippen LogP contribution in [0.5, 0.6) is 5.75 Å². The molecule has 1 heterocycles. The minimum Gasteiger partial charge on any atom is -0.481 e. The lowest BCUT2D eigenvalue weighted by Gasteiger charge is -2.52. The maximum absolute atomic E-state index is 12.4. The number of carbonyl (C=O) groups is 2. The van der Waals surface area contributed by atoms with Crippen molar-refractivity contribution in [1.82, 2.24) is 4.90 Å². The molecule has 6 nitrogen and oxygen atoms in total. The molecule has 0 radical (unpaired) electrons. The van der Waals surface area contributed by atoms with Crippen molar-refractivity contribution in [3.8, 4) is 11.8 Å². The topological polar surface area (TPSA) is 90.6 Å². The van der Waals surface area contributed by atoms with E-state index in [1.807, 2.05) is 19.9 Å². The number of rotatable bonds is 4. The molecule has 1 fully saturated rings. The molecule has 0 spiro atoms. The van der Waals surface area contributed by atoms with Crippen LogP contribution in [-0.2, 0) is 9.59 Å². The van der Waals surface area contributed by atoms with Gasteiger partial charge in [0.25, 0.3) is 5.91 Å². The average Bonchev–Trinajstić information content (AvgIpc) is 2.43. The number of likely N-dealkylation sites (tertiary alicyclic amines) is 1. The quantitative estimate of drug-likeness (QED) is 0.913. The van der Waals surface area contributed by atoms with E-state index in [1.54, 1.807) is 31.2 Å². The SMILES string of the molecule is CC(Oc1cccc(C#N)c1)C(=O)N1CC(C)(C)C1C(=O)O. The van der Waals surface area contributed by atoms with E-state index in [9.17, 15) is 14.7 Å². The van der Waals surface area contributed by atoms with Crippen molar-refractivity contribution in [1.29, 1.82) is 5.26 Å². The number of hydrogen-bond donors (Lipinski definition) is 1. The highest BCUT2D eigenvalue weighted by Gasteiger charge is 2.53. The van der Waals surface area contributed by atoms with Crippen LogP contribution < -0.4 is 4.74 Å². The molecule has 1 amide bonds. The van der Waals surface area contributed by atoms with Gasteiger partial charge in [-0.25, -0.2) is 4.79 Å². The molecule has 116 valence electrons. The second kappa shape index (κ2) is 5.68. The predicted molar refractivity (Wildman–Crippen MR) is 78.2 cm³/mol. The van der Waals surface area contributed by atoms with Crippen LogP contribution in [0, 0.1) is 16.7 Å². The van der Waals surface area contributed by atoms with Crippen molar-refractivity contribution in [3.63, 3.8) is 0 Å². The number of nitrogens with zero attached hydrogens (tertiary/aromatic N) is 2. The molecule has 6 heteroatoms. The monoisotopic (exact) mass is 302 g/mol. The van der Waals surface area contributed by atoms with Crippen molar-refractivity contribution >= 4 is 11.9 Å². The van der Waals surface area contributed by atoms with Crippen LogP contribution in [0.25, 0.3) is 0 Å². The Labute approximate surface area is 128 Å². The van der Waals surface area contributed by atoms with E-state index in [-0.39, 0.29) is 5.91 Å². The fourth-order valence-electron chi connectivity index (χ4n) is 2.73. The van der Waals surface area contributed by atoms with Crippen LogP contribution in [-0.4, -0.2) is 40.6 Å². The number of carboxylic acids is 1. The largest absolute Gasteiger partial charge is 0.481 e. The van der Waals surface area contributed by atoms with Gasteiger partial charge in [-0.2, -0.15) is 5.26 Å². The molecule has 2 rings (SSSR count). The first-order valence-electron chi connectivity index (χ1n) is 6.96. The third-order valence-corrected chi connectivity index (χ3v) is 3.77. The fourth-order valence-corrected chi connectivity index (χ4v) is 2.73. The van der Waals surface area contributed by atoms with Crippen LogP contribution in [0.4, 0.5) is 0 Å². The Kier molecular flexibility index (Phi) is 4.09. The summed E-state index contributed by atoms with van der Waals surface area (Å²) in [5.74, 6) is -0.969. The van der Waals surface area contributed by atoms with Crippen molar-refractivity contribution in [2.45, 2.75) is 32.9 Å². The van der Waals surface area contributed by atoms with Gasteiger partial charge in [0, 0.05) is 12.0 Å². The van der Waals surface area contributed by atoms with Gasteiger partial charge in [-0.1, -0.05) is 19.9 Å². The maximum Gasteiger partial charge on any atom is 0.327 e. The molecule has 1 aromatic rings. The summed E-state index contributed by atoms with van der Waals surface area (Å²) in [6.45, 7) is 5.59. The van der Waals surface area contributed by atoms with E-state index in [0.29, 0.717) is 17.9 Å². The summed E-state index contributed by atoms with van der Waals surface area (Å²) in [7, 11) is 0. The van der Waals surface area contributed by atoms with Gasteiger partial charge >= 0.3 is 5.97 Å². The number of aliphatic carboxylic acids is 1. The summed E-state index contributed by atoms with van der Waals surface area (Å²) >= 11 is 0. The highest BCUT2D eigenvalue weighted by Crippen LogP contribution is 2.37. The van der Waals surface area contributed by atoms with Crippen LogP contribution in [0.2, 0.25) is 0 Å². The smallest absolute Gasteiger partial charge is 0.327 e. The van der Waals surface area contributed by atoms with Crippen molar-refractivity contribution in [2.75, 3.05) is 6.54 Å². The standard InChI is InChI=1S/C16H18N2O4/c1-10(22-12-6-4-5-11(7-12)8-17)14(19)18-9-16(2,3)13(18)15(20)21/h4-7,10,13H,9H2,1-3H3,(H,20,21). The molecular weight excluding hydrogens is 284 g/mol. The van der Waals surface area contributed by atoms with Crippen LogP contribution in [0.15, 0.2) is 24.3 Å². The molecule has 1 N–H and O–H groups in total. The molecule has 0 aliphatic carbocycles. The van der Waals surface area contributed by atoms with E-state index >= 15 is 0 Å². The Hall–Kier alpha value is -2.55. The third kappa shape index (κ3) is 2.89. The van der Waals surface area contributed by atoms with Gasteiger partial charge in [0.1, 0.15) is 11.8 Å². The normalized spacial score (nSPS) is 20.5. The molecule has 0 saturated carbocycles. The van der Waals surface area contributed by atoms with E-state index in [0.717, 1.165) is 0 Å². The second-order valence-electron chi connectivity index (χ2n) is 6.10. The Morgan fingerprint density at radius 1 is 1.50 bits per heavy atom. The maximum atomic E-state index is 12.4. The molecule has 1 aliphatic heterocycles. The summed E-state index contributed by atoms with van der Waals surface area (Å²) < 4.78 is 5.54. The van der Waals surface area contributed by atoms with Gasteiger partial charge in [0.05, 0.1) is 11.6 Å². The lowest BCUT2D eigenvalue weighted by molar-refractivity contribution is -0.175. The van der Waals surface area contributed by atoms with Crippen molar-refractivity contribution < 1.29 is 19.4 Å². The lowest BCUT2D eigenvalue weighted by atomic mass is 9.74. The van der Waals surface area contributed by atoms with E-state index in [4.69, 9.17) is 10.00 Å². The molecule has 0 bridgehead atoms. The summed E-state index contributed by atoms with van der Waals surface area (Å²) in [5, 5.41) is 18.1. The summed E-state index contributed by atoms with van der Waals surface area (Å²) in [6.07, 6.45) is -0.813. The molecule has 0 aromatic heterocycles. The highest BCUT2D eigenvalue weighted by atomic mass is 16.5. The number of nitriles is 1. The second-order valence-corrected chi connectivity index (χ2v) is 6.10. The number of carboxylic acid groups (broad SMARTS) is 1. The minimum atomic E-state index is -1.01. The molecule has 2 atom stereocenters. The van der Waals surface area contributed by atoms with E-state index in [2.05, 4.69) is 0 Å². The molecule has 1 aliphatic rings. The van der Waals surface area contributed by atoms with Crippen molar-refractivity contribution in [3.05, 3.63) is 29.8 Å². The van der Waals surface area contributed by atoms with Crippen molar-refractivity contribution in [2.24, 2.45) is 5.41 Å². The minimum absolute atomic E-state index is 0.367. The predicted octanol–water partition coefficient (Wildman–Crippen LogP) is 1.65. The number of benzene rings is 1. The lowest BCUT2D eigenvalue weighted by Crippen LogP contribution is -2.68. The Morgan fingerprint density at radius 3 is 2.73 bits per heavy atom. The van der Waals surface area contributed by atoms with Gasteiger partial charge in [-0.15, -0.1) is 0 Å². The number of ether oxygens (including phenoxy) is 1. The number of hydrogen-bond acceptors (Lipinski definition) is 4. The first-order chi connectivity index (χ1) is 10.3. The average molecular weight is 302 g/mol. The third-order valence-electron chi connectivity index (χ3n) is 3.77. The highest BCUT2D eigenvalue weighted by molar-refractivity contribution is 5.89. The summed E-state index contributed by atoms with van der Waals surface area (Å²) in [4.78, 5) is 25.0. The number of amides is 1. The zero-order valence-electron chi connectivity index (χ0n) is 12.7. The van der Waals surface area contributed by atoms with Gasteiger partial charge in [-0.05, 0) is 25.1 Å². The fraction of sp³-hybridized carbons (Fsp3) is 0.438. The Morgan fingerprint density at radius 2 is 2.18 bits per heavy atom. The summed E-state index contributed by atoms with van der Waals surface area (Å²) in [6, 6.07) is 7.65. The molecule has 1 saturated heterocycles. The molecule has 2 unspecified atom stereocenters. The van der Waals surface area contributed by atoms with Gasteiger partial charge in [0.2, 0.25) is 0 Å². The first kappa shape index (κ1) is 15.8. The Balaban J connectivity index is 2.07. The zero-order valence-corrected chi connectivity index (χ0v) is 12.7. The van der Waals surface area contributed by atoms with Gasteiger partial charge < -0.3 is 14.7 Å². The zero-order chi connectivity index (χ0) is 16.5.